The van der Waals surface area contributed by atoms with Crippen molar-refractivity contribution in [3.05, 3.63) is 29.8 Å². The second-order valence-electron chi connectivity index (χ2n) is 4.70. The molecular weight excluding hydrogens is 228 g/mol. The van der Waals surface area contributed by atoms with Gasteiger partial charge in [-0.25, -0.2) is 0 Å². The Kier molecular flexibility index (Phi) is 4.33. The zero-order valence-electron chi connectivity index (χ0n) is 10.8. The number of nitrogens with two attached hydrogens (primary N) is 1. The highest BCUT2D eigenvalue weighted by molar-refractivity contribution is 5.76. The van der Waals surface area contributed by atoms with Gasteiger partial charge in [0.2, 0.25) is 0 Å². The van der Waals surface area contributed by atoms with Gasteiger partial charge in [-0.05, 0) is 24.6 Å². The molecule has 0 amide bonds. The van der Waals surface area contributed by atoms with Gasteiger partial charge in [0.15, 0.2) is 0 Å². The molecule has 0 aliphatic carbocycles. The number of benzene rings is 1. The summed E-state index contributed by atoms with van der Waals surface area (Å²) in [5, 5.41) is 0. The number of nitrogens with zero attached hydrogens (tertiary/aromatic N) is 1. The smallest absolute Gasteiger partial charge is 0.131 e. The summed E-state index contributed by atoms with van der Waals surface area (Å²) < 4.78 is 5.33. The van der Waals surface area contributed by atoms with Gasteiger partial charge in [0.25, 0.3) is 0 Å². The molecule has 1 saturated heterocycles. The lowest BCUT2D eigenvalue weighted by Gasteiger charge is -2.29. The van der Waals surface area contributed by atoms with E-state index in [1.54, 1.807) is 6.92 Å². The molecule has 1 atom stereocenters. The van der Waals surface area contributed by atoms with Crippen molar-refractivity contribution in [2.75, 3.05) is 31.2 Å². The van der Waals surface area contributed by atoms with E-state index in [0.717, 1.165) is 31.9 Å². The van der Waals surface area contributed by atoms with Crippen LogP contribution in [0.5, 0.6) is 0 Å². The average Bonchev–Trinajstić information content (AvgIpc) is 2.39. The number of rotatable bonds is 4. The van der Waals surface area contributed by atoms with Gasteiger partial charge in [-0.1, -0.05) is 12.1 Å². The molecule has 18 heavy (non-hydrogen) atoms. The van der Waals surface area contributed by atoms with Gasteiger partial charge >= 0.3 is 0 Å². The van der Waals surface area contributed by atoms with Gasteiger partial charge in [0, 0.05) is 31.2 Å². The average molecular weight is 248 g/mol. The third-order valence-corrected chi connectivity index (χ3v) is 3.20. The van der Waals surface area contributed by atoms with Crippen LogP contribution < -0.4 is 10.6 Å². The Morgan fingerprint density at radius 3 is 2.50 bits per heavy atom. The first-order valence-corrected chi connectivity index (χ1v) is 6.34. The number of anilines is 1. The minimum atomic E-state index is -0.193. The molecule has 1 aromatic rings. The molecule has 2 rings (SSSR count). The van der Waals surface area contributed by atoms with Crippen LogP contribution >= 0.6 is 0 Å². The van der Waals surface area contributed by atoms with Crippen LogP contribution in [0, 0.1) is 0 Å². The van der Waals surface area contributed by atoms with Crippen molar-refractivity contribution in [1.82, 2.24) is 0 Å². The maximum absolute atomic E-state index is 11.0. The van der Waals surface area contributed by atoms with Gasteiger partial charge < -0.3 is 15.4 Å². The maximum Gasteiger partial charge on any atom is 0.131 e. The largest absolute Gasteiger partial charge is 0.378 e. The summed E-state index contributed by atoms with van der Waals surface area (Å²) in [6, 6.07) is 7.97. The second-order valence-corrected chi connectivity index (χ2v) is 4.70. The van der Waals surface area contributed by atoms with Crippen molar-refractivity contribution in [3.63, 3.8) is 0 Å². The lowest BCUT2D eigenvalue weighted by Crippen LogP contribution is -2.36. The molecule has 2 N–H and O–H groups in total. The predicted octanol–water partition coefficient (Wildman–Crippen LogP) is 1.50. The Labute approximate surface area is 108 Å². The lowest BCUT2D eigenvalue weighted by atomic mass is 10.0. The van der Waals surface area contributed by atoms with Gasteiger partial charge in [0.05, 0.1) is 13.2 Å². The number of carbonyl (C=O) groups is 1. The minimum absolute atomic E-state index is 0.125. The molecule has 0 spiro atoms. The summed E-state index contributed by atoms with van der Waals surface area (Å²) in [6.07, 6.45) is 0.400. The van der Waals surface area contributed by atoms with Crippen LogP contribution in [0.3, 0.4) is 0 Å². The Balaban J connectivity index is 2.02. The third kappa shape index (κ3) is 3.31. The number of ether oxygens (including phenoxy) is 1. The van der Waals surface area contributed by atoms with E-state index in [2.05, 4.69) is 17.0 Å². The Morgan fingerprint density at radius 1 is 1.33 bits per heavy atom. The lowest BCUT2D eigenvalue weighted by molar-refractivity contribution is -0.117. The highest BCUT2D eigenvalue weighted by Crippen LogP contribution is 2.20. The molecule has 0 bridgehead atoms. The number of carbonyl (C=O) groups excluding carboxylic acids is 1. The van der Waals surface area contributed by atoms with Gasteiger partial charge in [-0.3, -0.25) is 4.79 Å². The first kappa shape index (κ1) is 13.1. The summed E-state index contributed by atoms with van der Waals surface area (Å²) in [6.45, 7) is 5.00. The van der Waals surface area contributed by atoms with Crippen LogP contribution in [0.1, 0.15) is 24.9 Å². The van der Waals surface area contributed by atoms with Crippen molar-refractivity contribution >= 4 is 11.5 Å². The van der Waals surface area contributed by atoms with Crippen LogP contribution in [0.15, 0.2) is 24.3 Å². The van der Waals surface area contributed by atoms with Crippen molar-refractivity contribution in [1.29, 1.82) is 0 Å². The van der Waals surface area contributed by atoms with E-state index in [9.17, 15) is 4.79 Å². The van der Waals surface area contributed by atoms with Crippen LogP contribution in [-0.4, -0.2) is 32.1 Å². The summed E-state index contributed by atoms with van der Waals surface area (Å²) >= 11 is 0. The number of hydrogen-bond acceptors (Lipinski definition) is 4. The fourth-order valence-corrected chi connectivity index (χ4v) is 2.18. The molecule has 4 nitrogen and oxygen atoms in total. The molecule has 98 valence electrons. The van der Waals surface area contributed by atoms with E-state index in [1.807, 2.05) is 12.1 Å². The second kappa shape index (κ2) is 5.98. The molecule has 1 aliphatic rings. The first-order valence-electron chi connectivity index (χ1n) is 6.34. The normalized spacial score (nSPS) is 17.6. The Morgan fingerprint density at radius 2 is 1.94 bits per heavy atom. The number of Topliss-reactive ketones (excluding diaryl/α,β-unsaturated/α-hetero) is 1. The van der Waals surface area contributed by atoms with E-state index >= 15 is 0 Å². The number of ketones is 1. The molecule has 1 aliphatic heterocycles. The van der Waals surface area contributed by atoms with E-state index in [0.29, 0.717) is 6.42 Å². The minimum Gasteiger partial charge on any atom is -0.378 e. The van der Waals surface area contributed by atoms with Crippen LogP contribution in [-0.2, 0) is 9.53 Å². The highest BCUT2D eigenvalue weighted by Gasteiger charge is 2.12. The van der Waals surface area contributed by atoms with E-state index in [1.165, 1.54) is 5.69 Å². The van der Waals surface area contributed by atoms with Gasteiger partial charge in [-0.15, -0.1) is 0 Å². The van der Waals surface area contributed by atoms with Gasteiger partial charge in [0.1, 0.15) is 5.78 Å². The standard InChI is InChI=1S/C14H20N2O2/c1-11(17)10-14(15)12-2-4-13(5-3-12)16-6-8-18-9-7-16/h2-5,14H,6-10,15H2,1H3. The molecule has 0 aromatic heterocycles. The summed E-state index contributed by atoms with van der Waals surface area (Å²) in [7, 11) is 0. The predicted molar refractivity (Wildman–Crippen MR) is 71.7 cm³/mol. The van der Waals surface area contributed by atoms with Crippen LogP contribution in [0.2, 0.25) is 0 Å². The fourth-order valence-electron chi connectivity index (χ4n) is 2.18. The summed E-state index contributed by atoms with van der Waals surface area (Å²) in [5.41, 5.74) is 8.18. The topological polar surface area (TPSA) is 55.6 Å². The van der Waals surface area contributed by atoms with E-state index < -0.39 is 0 Å². The van der Waals surface area contributed by atoms with E-state index in [-0.39, 0.29) is 11.8 Å². The van der Waals surface area contributed by atoms with Crippen molar-refractivity contribution < 1.29 is 9.53 Å². The van der Waals surface area contributed by atoms with Crippen molar-refractivity contribution in [3.8, 4) is 0 Å². The molecule has 4 heteroatoms. The molecule has 0 saturated carbocycles. The molecule has 1 aromatic carbocycles. The number of morpholine rings is 1. The van der Waals surface area contributed by atoms with E-state index in [4.69, 9.17) is 10.5 Å². The SMILES string of the molecule is CC(=O)CC(N)c1ccc(N2CCOCC2)cc1. The molecule has 1 unspecified atom stereocenters. The summed E-state index contributed by atoms with van der Waals surface area (Å²) in [4.78, 5) is 13.3. The Hall–Kier alpha value is -1.39. The Bertz CT molecular complexity index is 397. The van der Waals surface area contributed by atoms with Gasteiger partial charge in [-0.2, -0.15) is 0 Å². The quantitative estimate of drug-likeness (QED) is 0.877. The third-order valence-electron chi connectivity index (χ3n) is 3.20. The molecular formula is C14H20N2O2. The zero-order chi connectivity index (χ0) is 13.0. The first-order chi connectivity index (χ1) is 8.66. The monoisotopic (exact) mass is 248 g/mol. The highest BCUT2D eigenvalue weighted by atomic mass is 16.5. The van der Waals surface area contributed by atoms with Crippen LogP contribution in [0.4, 0.5) is 5.69 Å². The molecule has 1 heterocycles. The summed E-state index contributed by atoms with van der Waals surface area (Å²) in [5.74, 6) is 0.125. The number of hydrogen-bond donors (Lipinski definition) is 1. The van der Waals surface area contributed by atoms with Crippen molar-refractivity contribution in [2.24, 2.45) is 5.73 Å². The van der Waals surface area contributed by atoms with Crippen LogP contribution in [0.25, 0.3) is 0 Å². The van der Waals surface area contributed by atoms with Crippen molar-refractivity contribution in [2.45, 2.75) is 19.4 Å². The fraction of sp³-hybridized carbons (Fsp3) is 0.500. The zero-order valence-corrected chi connectivity index (χ0v) is 10.8. The molecule has 1 fully saturated rings. The molecule has 0 radical (unpaired) electrons. The maximum atomic E-state index is 11.0.